The van der Waals surface area contributed by atoms with Crippen molar-refractivity contribution >= 4 is 35.3 Å². The SMILES string of the molecule is CC(=O)NC(=O)COC(=O)[C@H](CC(C)C)NC(=O)c1ccc(Cl)cc1. The molecule has 0 radical (unpaired) electrons. The summed E-state index contributed by atoms with van der Waals surface area (Å²) in [6, 6.07) is 5.30. The van der Waals surface area contributed by atoms with Gasteiger partial charge in [-0.15, -0.1) is 0 Å². The number of amides is 3. The second kappa shape index (κ2) is 9.78. The van der Waals surface area contributed by atoms with E-state index < -0.39 is 36.3 Å². The molecule has 0 heterocycles. The van der Waals surface area contributed by atoms with E-state index in [1.165, 1.54) is 19.1 Å². The number of benzene rings is 1. The zero-order valence-electron chi connectivity index (χ0n) is 14.3. The van der Waals surface area contributed by atoms with Crippen LogP contribution in [0.25, 0.3) is 0 Å². The Balaban J connectivity index is 2.70. The van der Waals surface area contributed by atoms with E-state index in [0.29, 0.717) is 17.0 Å². The van der Waals surface area contributed by atoms with E-state index in [-0.39, 0.29) is 5.92 Å². The lowest BCUT2D eigenvalue weighted by molar-refractivity contribution is -0.151. The molecule has 7 nitrogen and oxygen atoms in total. The average Bonchev–Trinajstić information content (AvgIpc) is 2.51. The number of hydrogen-bond donors (Lipinski definition) is 2. The van der Waals surface area contributed by atoms with Gasteiger partial charge in [-0.2, -0.15) is 0 Å². The van der Waals surface area contributed by atoms with E-state index in [4.69, 9.17) is 16.3 Å². The van der Waals surface area contributed by atoms with Gasteiger partial charge < -0.3 is 10.1 Å². The molecule has 0 aliphatic heterocycles. The van der Waals surface area contributed by atoms with Crippen LogP contribution >= 0.6 is 11.6 Å². The van der Waals surface area contributed by atoms with Crippen LogP contribution in [0.2, 0.25) is 5.02 Å². The van der Waals surface area contributed by atoms with Crippen molar-refractivity contribution in [3.05, 3.63) is 34.9 Å². The van der Waals surface area contributed by atoms with Crippen LogP contribution in [0.5, 0.6) is 0 Å². The number of imide groups is 1. The molecule has 0 unspecified atom stereocenters. The van der Waals surface area contributed by atoms with Crippen LogP contribution in [-0.4, -0.2) is 36.3 Å². The van der Waals surface area contributed by atoms with Gasteiger partial charge in [0.1, 0.15) is 6.04 Å². The second-order valence-electron chi connectivity index (χ2n) is 5.87. The summed E-state index contributed by atoms with van der Waals surface area (Å²) in [5, 5.41) is 5.08. The van der Waals surface area contributed by atoms with Crippen LogP contribution in [0.3, 0.4) is 0 Å². The number of halogens is 1. The van der Waals surface area contributed by atoms with Gasteiger partial charge in [-0.3, -0.25) is 19.7 Å². The molecule has 1 aromatic rings. The zero-order valence-corrected chi connectivity index (χ0v) is 15.1. The summed E-state index contributed by atoms with van der Waals surface area (Å²) in [5.41, 5.74) is 0.347. The molecule has 0 saturated carbocycles. The highest BCUT2D eigenvalue weighted by Crippen LogP contribution is 2.11. The molecule has 0 saturated heterocycles. The summed E-state index contributed by atoms with van der Waals surface area (Å²) >= 11 is 5.78. The fourth-order valence-corrected chi connectivity index (χ4v) is 2.12. The molecule has 0 spiro atoms. The fourth-order valence-electron chi connectivity index (χ4n) is 2.00. The molecule has 0 fully saturated rings. The van der Waals surface area contributed by atoms with E-state index in [9.17, 15) is 19.2 Å². The Kier molecular flexibility index (Phi) is 8.07. The summed E-state index contributed by atoms with van der Waals surface area (Å²) in [6.45, 7) is 4.35. The molecule has 0 aromatic heterocycles. The maximum Gasteiger partial charge on any atom is 0.329 e. The van der Waals surface area contributed by atoms with Crippen molar-refractivity contribution in [2.45, 2.75) is 33.2 Å². The topological polar surface area (TPSA) is 102 Å². The number of ether oxygens (including phenoxy) is 1. The Morgan fingerprint density at radius 2 is 1.72 bits per heavy atom. The van der Waals surface area contributed by atoms with Gasteiger partial charge in [0.25, 0.3) is 11.8 Å². The smallest absolute Gasteiger partial charge is 0.329 e. The van der Waals surface area contributed by atoms with Crippen LogP contribution in [0, 0.1) is 5.92 Å². The van der Waals surface area contributed by atoms with Gasteiger partial charge in [0.2, 0.25) is 5.91 Å². The monoisotopic (exact) mass is 368 g/mol. The van der Waals surface area contributed by atoms with Crippen molar-refractivity contribution in [3.63, 3.8) is 0 Å². The zero-order chi connectivity index (χ0) is 19.0. The van der Waals surface area contributed by atoms with Crippen LogP contribution in [0.15, 0.2) is 24.3 Å². The number of carbonyl (C=O) groups excluding carboxylic acids is 4. The van der Waals surface area contributed by atoms with E-state index in [0.717, 1.165) is 0 Å². The molecule has 8 heteroatoms. The maximum atomic E-state index is 12.3. The normalized spacial score (nSPS) is 11.6. The van der Waals surface area contributed by atoms with Crippen molar-refractivity contribution in [1.82, 2.24) is 10.6 Å². The van der Waals surface area contributed by atoms with Crippen LogP contribution in [0.4, 0.5) is 0 Å². The summed E-state index contributed by atoms with van der Waals surface area (Å²) < 4.78 is 4.88. The number of nitrogens with one attached hydrogen (secondary N) is 2. The number of hydrogen-bond acceptors (Lipinski definition) is 5. The quantitative estimate of drug-likeness (QED) is 0.713. The van der Waals surface area contributed by atoms with Crippen molar-refractivity contribution < 1.29 is 23.9 Å². The van der Waals surface area contributed by atoms with Gasteiger partial charge in [-0.05, 0) is 36.6 Å². The summed E-state index contributed by atoms with van der Waals surface area (Å²) in [6.07, 6.45) is 0.340. The molecule has 1 rings (SSSR count). The Labute approximate surface area is 151 Å². The van der Waals surface area contributed by atoms with Crippen LogP contribution < -0.4 is 10.6 Å². The molecule has 136 valence electrons. The molecular weight excluding hydrogens is 348 g/mol. The Morgan fingerprint density at radius 3 is 2.24 bits per heavy atom. The average molecular weight is 369 g/mol. The number of esters is 1. The van der Waals surface area contributed by atoms with E-state index in [2.05, 4.69) is 5.32 Å². The Hall–Kier alpha value is -2.41. The van der Waals surface area contributed by atoms with E-state index in [1.807, 2.05) is 19.2 Å². The molecule has 2 N–H and O–H groups in total. The highest BCUT2D eigenvalue weighted by atomic mass is 35.5. The molecule has 3 amide bonds. The van der Waals surface area contributed by atoms with Crippen molar-refractivity contribution in [2.24, 2.45) is 5.92 Å². The first-order valence-electron chi connectivity index (χ1n) is 7.72. The van der Waals surface area contributed by atoms with Crippen LogP contribution in [0.1, 0.15) is 37.6 Å². The molecule has 1 aromatic carbocycles. The van der Waals surface area contributed by atoms with Gasteiger partial charge in [-0.25, -0.2) is 4.79 Å². The first-order valence-corrected chi connectivity index (χ1v) is 8.10. The molecule has 0 aliphatic carbocycles. The predicted molar refractivity (Wildman–Crippen MR) is 91.9 cm³/mol. The molecule has 25 heavy (non-hydrogen) atoms. The highest BCUT2D eigenvalue weighted by molar-refractivity contribution is 6.30. The number of rotatable bonds is 7. The Bertz CT molecular complexity index is 643. The Morgan fingerprint density at radius 1 is 1.12 bits per heavy atom. The number of carbonyl (C=O) groups is 4. The summed E-state index contributed by atoms with van der Waals surface area (Å²) in [5.74, 6) is -2.36. The van der Waals surface area contributed by atoms with Gasteiger partial charge in [-0.1, -0.05) is 25.4 Å². The maximum absolute atomic E-state index is 12.3. The van der Waals surface area contributed by atoms with Gasteiger partial charge >= 0.3 is 5.97 Å². The molecule has 0 aliphatic rings. The fraction of sp³-hybridized carbons (Fsp3) is 0.412. The van der Waals surface area contributed by atoms with E-state index >= 15 is 0 Å². The minimum atomic E-state index is -0.909. The van der Waals surface area contributed by atoms with Crippen LogP contribution in [-0.2, 0) is 19.1 Å². The predicted octanol–water partition coefficient (Wildman–Crippen LogP) is 1.69. The highest BCUT2D eigenvalue weighted by Gasteiger charge is 2.24. The minimum Gasteiger partial charge on any atom is -0.454 e. The van der Waals surface area contributed by atoms with Gasteiger partial charge in [0.05, 0.1) is 0 Å². The van der Waals surface area contributed by atoms with Crippen molar-refractivity contribution in [1.29, 1.82) is 0 Å². The summed E-state index contributed by atoms with van der Waals surface area (Å²) in [4.78, 5) is 46.6. The largest absolute Gasteiger partial charge is 0.454 e. The first kappa shape index (κ1) is 20.6. The van der Waals surface area contributed by atoms with E-state index in [1.54, 1.807) is 12.1 Å². The molecule has 0 bridgehead atoms. The minimum absolute atomic E-state index is 0.106. The lowest BCUT2D eigenvalue weighted by Gasteiger charge is -2.19. The van der Waals surface area contributed by atoms with Gasteiger partial charge in [0, 0.05) is 17.5 Å². The third-order valence-electron chi connectivity index (χ3n) is 3.06. The second-order valence-corrected chi connectivity index (χ2v) is 6.31. The molecular formula is C17H21ClN2O5. The van der Waals surface area contributed by atoms with Gasteiger partial charge in [0.15, 0.2) is 6.61 Å². The standard InChI is InChI=1S/C17H21ClN2O5/c1-10(2)8-14(17(24)25-9-15(22)19-11(3)21)20-16(23)12-4-6-13(18)7-5-12/h4-7,10,14H,8-9H2,1-3H3,(H,20,23)(H,19,21,22)/t14-/m0/s1. The molecule has 1 atom stereocenters. The summed E-state index contributed by atoms with van der Waals surface area (Å²) in [7, 11) is 0. The van der Waals surface area contributed by atoms with Crippen molar-refractivity contribution in [2.75, 3.05) is 6.61 Å². The lowest BCUT2D eigenvalue weighted by atomic mass is 10.0. The third kappa shape index (κ3) is 7.80. The third-order valence-corrected chi connectivity index (χ3v) is 3.32. The van der Waals surface area contributed by atoms with Crippen molar-refractivity contribution in [3.8, 4) is 0 Å². The first-order chi connectivity index (χ1) is 11.7. The lowest BCUT2D eigenvalue weighted by Crippen LogP contribution is -2.44.